The highest BCUT2D eigenvalue weighted by Gasteiger charge is 2.41. The molecule has 0 bridgehead atoms. The summed E-state index contributed by atoms with van der Waals surface area (Å²) in [7, 11) is 3.27. The van der Waals surface area contributed by atoms with Gasteiger partial charge < -0.3 is 19.5 Å². The number of aromatic nitrogens is 1. The molecule has 0 aliphatic carbocycles. The van der Waals surface area contributed by atoms with Gasteiger partial charge in [0.1, 0.15) is 6.10 Å². The van der Waals surface area contributed by atoms with E-state index in [1.54, 1.807) is 20.4 Å². The summed E-state index contributed by atoms with van der Waals surface area (Å²) in [5.41, 5.74) is 1.09. The van der Waals surface area contributed by atoms with Crippen molar-refractivity contribution in [3.8, 4) is 5.88 Å². The maximum atomic E-state index is 12.2. The maximum absolute atomic E-state index is 12.2. The minimum Gasteiger partial charge on any atom is -0.481 e. The maximum Gasteiger partial charge on any atom is 0.249 e. The quantitative estimate of drug-likeness (QED) is 0.740. The summed E-state index contributed by atoms with van der Waals surface area (Å²) < 4.78 is 16.4. The van der Waals surface area contributed by atoms with Gasteiger partial charge in [-0.15, -0.1) is 0 Å². The van der Waals surface area contributed by atoms with Crippen molar-refractivity contribution in [3.63, 3.8) is 0 Å². The van der Waals surface area contributed by atoms with Crippen LogP contribution in [-0.2, 0) is 20.8 Å². The number of methoxy groups -OCH3 is 2. The van der Waals surface area contributed by atoms with Crippen LogP contribution in [0.3, 0.4) is 0 Å². The minimum atomic E-state index is -0.342. The number of ether oxygens (including phenoxy) is 3. The van der Waals surface area contributed by atoms with Gasteiger partial charge in [-0.2, -0.15) is 0 Å². The molecule has 0 aromatic carbocycles. The molecule has 3 atom stereocenters. The van der Waals surface area contributed by atoms with Gasteiger partial charge in [0.05, 0.1) is 19.8 Å². The van der Waals surface area contributed by atoms with Crippen LogP contribution in [-0.4, -0.2) is 68.0 Å². The molecule has 2 aliphatic rings. The lowest BCUT2D eigenvalue weighted by molar-refractivity contribution is -0.144. The lowest BCUT2D eigenvalue weighted by Crippen LogP contribution is -2.48. The molecule has 1 aromatic rings. The first-order valence-corrected chi connectivity index (χ1v) is 8.87. The lowest BCUT2D eigenvalue weighted by Gasteiger charge is -2.35. The summed E-state index contributed by atoms with van der Waals surface area (Å²) >= 11 is 0. The number of nitrogens with zero attached hydrogens (tertiary/aromatic N) is 2. The standard InChI is InChI=1S/C18H27N3O4/c1-23-11-9-19-17(22)16-6-5-14-15(25-16)7-10-21(14)12-13-4-3-8-20-18(13)24-2/h3-4,8,14-16H,5-7,9-12H2,1-2H3,(H,19,22)/t14-,15-,16-/m0/s1. The third-order valence-corrected chi connectivity index (χ3v) is 4.98. The lowest BCUT2D eigenvalue weighted by atomic mass is 9.98. The van der Waals surface area contributed by atoms with Crippen LogP contribution in [0.25, 0.3) is 0 Å². The Balaban J connectivity index is 1.55. The van der Waals surface area contributed by atoms with Crippen LogP contribution in [0.2, 0.25) is 0 Å². The average Bonchev–Trinajstić information content (AvgIpc) is 3.04. The second-order valence-corrected chi connectivity index (χ2v) is 6.52. The van der Waals surface area contributed by atoms with Crippen molar-refractivity contribution in [2.75, 3.05) is 33.9 Å². The zero-order chi connectivity index (χ0) is 17.6. The van der Waals surface area contributed by atoms with Crippen LogP contribution < -0.4 is 10.1 Å². The van der Waals surface area contributed by atoms with E-state index in [2.05, 4.69) is 21.3 Å². The first-order valence-electron chi connectivity index (χ1n) is 8.87. The van der Waals surface area contributed by atoms with Gasteiger partial charge in [0.15, 0.2) is 0 Å². The molecular formula is C18H27N3O4. The van der Waals surface area contributed by atoms with Crippen molar-refractivity contribution >= 4 is 5.91 Å². The predicted molar refractivity (Wildman–Crippen MR) is 92.4 cm³/mol. The molecule has 7 heteroatoms. The number of likely N-dealkylation sites (tertiary alicyclic amines) is 1. The van der Waals surface area contributed by atoms with E-state index in [0.717, 1.165) is 37.9 Å². The van der Waals surface area contributed by atoms with E-state index in [0.29, 0.717) is 25.1 Å². The van der Waals surface area contributed by atoms with Crippen LogP contribution >= 0.6 is 0 Å². The molecule has 2 saturated heterocycles. The molecule has 2 aliphatic heterocycles. The summed E-state index contributed by atoms with van der Waals surface area (Å²) in [6, 6.07) is 4.34. The Morgan fingerprint density at radius 2 is 2.28 bits per heavy atom. The average molecular weight is 349 g/mol. The van der Waals surface area contributed by atoms with Crippen molar-refractivity contribution in [3.05, 3.63) is 23.9 Å². The highest BCUT2D eigenvalue weighted by atomic mass is 16.5. The normalized spacial score (nSPS) is 26.2. The fraction of sp³-hybridized carbons (Fsp3) is 0.667. The molecule has 0 unspecified atom stereocenters. The smallest absolute Gasteiger partial charge is 0.249 e. The summed E-state index contributed by atoms with van der Waals surface area (Å²) in [4.78, 5) is 18.9. The molecule has 1 aromatic heterocycles. The molecular weight excluding hydrogens is 322 g/mol. The Morgan fingerprint density at radius 3 is 3.08 bits per heavy atom. The number of pyridine rings is 1. The number of nitrogens with one attached hydrogen (secondary N) is 1. The number of hydrogen-bond acceptors (Lipinski definition) is 6. The van der Waals surface area contributed by atoms with Crippen molar-refractivity contribution in [1.29, 1.82) is 0 Å². The van der Waals surface area contributed by atoms with Gasteiger partial charge in [0, 0.05) is 44.5 Å². The monoisotopic (exact) mass is 349 g/mol. The number of fused-ring (bicyclic) bond motifs is 1. The van der Waals surface area contributed by atoms with Gasteiger partial charge >= 0.3 is 0 Å². The van der Waals surface area contributed by atoms with Gasteiger partial charge in [-0.05, 0) is 25.3 Å². The Bertz CT molecular complexity index is 583. The molecule has 1 amide bonds. The topological polar surface area (TPSA) is 72.9 Å². The molecule has 3 rings (SSSR count). The van der Waals surface area contributed by atoms with E-state index in [-0.39, 0.29) is 18.1 Å². The van der Waals surface area contributed by atoms with E-state index in [1.807, 2.05) is 6.07 Å². The molecule has 1 N–H and O–H groups in total. The van der Waals surface area contributed by atoms with Crippen molar-refractivity contribution in [2.45, 2.75) is 44.1 Å². The SMILES string of the molecule is COCCNC(=O)[C@@H]1CC[C@H]2[C@H](CCN2Cc2cccnc2OC)O1. The van der Waals surface area contributed by atoms with E-state index in [1.165, 1.54) is 0 Å². The number of rotatable bonds is 7. The number of carbonyl (C=O) groups is 1. The van der Waals surface area contributed by atoms with Crippen LogP contribution in [0, 0.1) is 0 Å². The van der Waals surface area contributed by atoms with Crippen molar-refractivity contribution in [1.82, 2.24) is 15.2 Å². The Labute approximate surface area is 148 Å². The zero-order valence-electron chi connectivity index (χ0n) is 14.9. The van der Waals surface area contributed by atoms with E-state index in [4.69, 9.17) is 14.2 Å². The predicted octanol–water partition coefficient (Wildman–Crippen LogP) is 0.975. The second-order valence-electron chi connectivity index (χ2n) is 6.52. The number of amides is 1. The molecule has 0 radical (unpaired) electrons. The summed E-state index contributed by atoms with van der Waals surface area (Å²) in [5, 5.41) is 2.87. The van der Waals surface area contributed by atoms with Crippen LogP contribution in [0.5, 0.6) is 5.88 Å². The molecule has 0 saturated carbocycles. The van der Waals surface area contributed by atoms with E-state index >= 15 is 0 Å². The largest absolute Gasteiger partial charge is 0.481 e. The fourth-order valence-electron chi connectivity index (χ4n) is 3.74. The van der Waals surface area contributed by atoms with Crippen LogP contribution in [0.4, 0.5) is 0 Å². The Hall–Kier alpha value is -1.70. The second kappa shape index (κ2) is 8.60. The van der Waals surface area contributed by atoms with Gasteiger partial charge in [0.2, 0.25) is 11.8 Å². The third kappa shape index (κ3) is 4.29. The molecule has 0 spiro atoms. The highest BCUT2D eigenvalue weighted by molar-refractivity contribution is 5.80. The molecule has 7 nitrogen and oxygen atoms in total. The van der Waals surface area contributed by atoms with Gasteiger partial charge in [-0.25, -0.2) is 4.98 Å². The first kappa shape index (κ1) is 18.1. The first-order chi connectivity index (χ1) is 12.2. The van der Waals surface area contributed by atoms with Crippen LogP contribution in [0.1, 0.15) is 24.8 Å². The Morgan fingerprint density at radius 1 is 1.40 bits per heavy atom. The summed E-state index contributed by atoms with van der Waals surface area (Å²) in [6.45, 7) is 2.80. The van der Waals surface area contributed by atoms with Gasteiger partial charge in [-0.3, -0.25) is 9.69 Å². The number of carbonyl (C=O) groups excluding carboxylic acids is 1. The molecule has 138 valence electrons. The molecule has 3 heterocycles. The molecule has 2 fully saturated rings. The minimum absolute atomic E-state index is 0.0251. The summed E-state index contributed by atoms with van der Waals surface area (Å²) in [5.74, 6) is 0.654. The highest BCUT2D eigenvalue weighted by Crippen LogP contribution is 2.33. The van der Waals surface area contributed by atoms with Crippen molar-refractivity contribution < 1.29 is 19.0 Å². The van der Waals surface area contributed by atoms with Crippen LogP contribution in [0.15, 0.2) is 18.3 Å². The zero-order valence-corrected chi connectivity index (χ0v) is 14.9. The molecule has 25 heavy (non-hydrogen) atoms. The Kier molecular flexibility index (Phi) is 6.23. The van der Waals surface area contributed by atoms with Crippen molar-refractivity contribution in [2.24, 2.45) is 0 Å². The summed E-state index contributed by atoms with van der Waals surface area (Å²) in [6.07, 6.45) is 4.19. The third-order valence-electron chi connectivity index (χ3n) is 4.98. The van der Waals surface area contributed by atoms with E-state index < -0.39 is 0 Å². The number of hydrogen-bond donors (Lipinski definition) is 1. The van der Waals surface area contributed by atoms with Gasteiger partial charge in [-0.1, -0.05) is 6.07 Å². The van der Waals surface area contributed by atoms with E-state index in [9.17, 15) is 4.79 Å². The van der Waals surface area contributed by atoms with Gasteiger partial charge in [0.25, 0.3) is 0 Å². The fourth-order valence-corrected chi connectivity index (χ4v) is 3.74.